The monoisotopic (exact) mass is 211 g/mol. The van der Waals surface area contributed by atoms with Crippen LogP contribution in [0.3, 0.4) is 0 Å². The molecule has 0 radical (unpaired) electrons. The van der Waals surface area contributed by atoms with Crippen molar-refractivity contribution in [3.05, 3.63) is 0 Å². The Kier molecular flexibility index (Phi) is 5.13. The molecular formula is C13H25NO. The van der Waals surface area contributed by atoms with Gasteiger partial charge in [0.1, 0.15) is 0 Å². The van der Waals surface area contributed by atoms with Gasteiger partial charge in [-0.1, -0.05) is 33.1 Å². The zero-order valence-electron chi connectivity index (χ0n) is 10.5. The molecule has 0 saturated heterocycles. The van der Waals surface area contributed by atoms with Gasteiger partial charge in [0.25, 0.3) is 0 Å². The minimum atomic E-state index is 0.343. The highest BCUT2D eigenvalue weighted by molar-refractivity contribution is 5.76. The highest BCUT2D eigenvalue weighted by Crippen LogP contribution is 2.22. The molecule has 0 spiro atoms. The van der Waals surface area contributed by atoms with E-state index in [1.54, 1.807) is 0 Å². The molecule has 0 aromatic heterocycles. The predicted molar refractivity (Wildman–Crippen MR) is 63.7 cm³/mol. The van der Waals surface area contributed by atoms with Crippen molar-refractivity contribution in [2.24, 2.45) is 5.92 Å². The zero-order chi connectivity index (χ0) is 11.3. The summed E-state index contributed by atoms with van der Waals surface area (Å²) in [6.07, 6.45) is 8.12. The molecule has 1 aliphatic carbocycles. The van der Waals surface area contributed by atoms with Crippen LogP contribution in [0.2, 0.25) is 0 Å². The van der Waals surface area contributed by atoms with Crippen LogP contribution in [0.5, 0.6) is 0 Å². The second kappa shape index (κ2) is 6.14. The van der Waals surface area contributed by atoms with Crippen LogP contribution in [-0.2, 0) is 4.79 Å². The maximum absolute atomic E-state index is 11.9. The van der Waals surface area contributed by atoms with E-state index in [9.17, 15) is 4.79 Å². The number of hydrogen-bond acceptors (Lipinski definition) is 1. The lowest BCUT2D eigenvalue weighted by atomic mass is 9.94. The summed E-state index contributed by atoms with van der Waals surface area (Å²) in [6, 6.07) is 0.526. The molecule has 1 fully saturated rings. The van der Waals surface area contributed by atoms with Crippen LogP contribution in [0.25, 0.3) is 0 Å². The molecule has 2 nitrogen and oxygen atoms in total. The second-order valence-electron chi connectivity index (χ2n) is 5.23. The van der Waals surface area contributed by atoms with Gasteiger partial charge in [-0.3, -0.25) is 4.79 Å². The van der Waals surface area contributed by atoms with Crippen molar-refractivity contribution in [2.45, 2.75) is 64.8 Å². The summed E-state index contributed by atoms with van der Waals surface area (Å²) in [5.74, 6) is 0.976. The van der Waals surface area contributed by atoms with Crippen LogP contribution in [0.4, 0.5) is 0 Å². The molecule has 2 heteroatoms. The van der Waals surface area contributed by atoms with Gasteiger partial charge < -0.3 is 4.90 Å². The van der Waals surface area contributed by atoms with Crippen LogP contribution >= 0.6 is 0 Å². The maximum Gasteiger partial charge on any atom is 0.222 e. The van der Waals surface area contributed by atoms with Crippen LogP contribution in [0, 0.1) is 5.92 Å². The lowest BCUT2D eigenvalue weighted by Gasteiger charge is -2.31. The molecule has 0 atom stereocenters. The maximum atomic E-state index is 11.9. The van der Waals surface area contributed by atoms with Gasteiger partial charge in [-0.15, -0.1) is 0 Å². The number of rotatable bonds is 4. The predicted octanol–water partition coefficient (Wildman–Crippen LogP) is 3.21. The van der Waals surface area contributed by atoms with E-state index in [0.717, 1.165) is 12.8 Å². The minimum absolute atomic E-state index is 0.343. The summed E-state index contributed by atoms with van der Waals surface area (Å²) < 4.78 is 0. The molecule has 1 amide bonds. The fourth-order valence-electron chi connectivity index (χ4n) is 2.26. The third kappa shape index (κ3) is 4.23. The van der Waals surface area contributed by atoms with E-state index >= 15 is 0 Å². The van der Waals surface area contributed by atoms with Gasteiger partial charge in [-0.25, -0.2) is 0 Å². The first-order valence-corrected chi connectivity index (χ1v) is 6.37. The molecule has 1 aliphatic rings. The molecule has 0 aromatic carbocycles. The van der Waals surface area contributed by atoms with E-state index in [1.807, 2.05) is 11.9 Å². The van der Waals surface area contributed by atoms with E-state index < -0.39 is 0 Å². The van der Waals surface area contributed by atoms with Crippen molar-refractivity contribution in [2.75, 3.05) is 7.05 Å². The van der Waals surface area contributed by atoms with E-state index in [-0.39, 0.29) is 0 Å². The molecule has 0 aliphatic heterocycles. The lowest BCUT2D eigenvalue weighted by molar-refractivity contribution is -0.132. The van der Waals surface area contributed by atoms with E-state index in [2.05, 4.69) is 13.8 Å². The zero-order valence-corrected chi connectivity index (χ0v) is 10.5. The standard InChI is InChI=1S/C13H25NO/c1-11(2)9-10-13(15)14(3)12-7-5-4-6-8-12/h11-12H,4-10H2,1-3H3. The van der Waals surface area contributed by atoms with Crippen molar-refractivity contribution in [1.29, 1.82) is 0 Å². The average Bonchev–Trinajstić information content (AvgIpc) is 2.26. The number of carbonyl (C=O) groups excluding carboxylic acids is 1. The third-order valence-corrected chi connectivity index (χ3v) is 3.45. The first kappa shape index (κ1) is 12.5. The first-order valence-electron chi connectivity index (χ1n) is 6.37. The van der Waals surface area contributed by atoms with Gasteiger partial charge in [0.15, 0.2) is 0 Å². The van der Waals surface area contributed by atoms with E-state index in [4.69, 9.17) is 0 Å². The third-order valence-electron chi connectivity index (χ3n) is 3.45. The summed E-state index contributed by atoms with van der Waals surface area (Å²) in [6.45, 7) is 4.35. The fourth-order valence-corrected chi connectivity index (χ4v) is 2.26. The fraction of sp³-hybridized carbons (Fsp3) is 0.923. The molecule has 15 heavy (non-hydrogen) atoms. The van der Waals surface area contributed by atoms with Crippen molar-refractivity contribution < 1.29 is 4.79 Å². The largest absolute Gasteiger partial charge is 0.343 e. The smallest absolute Gasteiger partial charge is 0.222 e. The van der Waals surface area contributed by atoms with Crippen LogP contribution in [-0.4, -0.2) is 23.9 Å². The van der Waals surface area contributed by atoms with Gasteiger partial charge >= 0.3 is 0 Å². The number of amides is 1. The van der Waals surface area contributed by atoms with Crippen LogP contribution in [0.15, 0.2) is 0 Å². The van der Waals surface area contributed by atoms with E-state index in [0.29, 0.717) is 17.9 Å². The minimum Gasteiger partial charge on any atom is -0.343 e. The van der Waals surface area contributed by atoms with Crippen LogP contribution < -0.4 is 0 Å². The summed E-state index contributed by atoms with van der Waals surface area (Å²) in [7, 11) is 1.98. The molecule has 0 unspecified atom stereocenters. The van der Waals surface area contributed by atoms with Crippen molar-refractivity contribution in [3.63, 3.8) is 0 Å². The van der Waals surface area contributed by atoms with Gasteiger partial charge in [0.2, 0.25) is 5.91 Å². The molecule has 1 rings (SSSR count). The molecule has 1 saturated carbocycles. The topological polar surface area (TPSA) is 20.3 Å². The Labute approximate surface area is 94.0 Å². The Balaban J connectivity index is 2.30. The van der Waals surface area contributed by atoms with E-state index in [1.165, 1.54) is 32.1 Å². The molecular weight excluding hydrogens is 186 g/mol. The molecule has 0 N–H and O–H groups in total. The Morgan fingerprint density at radius 2 is 1.87 bits per heavy atom. The number of nitrogens with zero attached hydrogens (tertiary/aromatic N) is 1. The Hall–Kier alpha value is -0.530. The first-order chi connectivity index (χ1) is 7.11. The summed E-state index contributed by atoms with van der Waals surface area (Å²) >= 11 is 0. The number of carbonyl (C=O) groups is 1. The average molecular weight is 211 g/mol. The molecule has 0 aromatic rings. The molecule has 88 valence electrons. The summed E-state index contributed by atoms with van der Waals surface area (Å²) in [4.78, 5) is 13.9. The quantitative estimate of drug-likeness (QED) is 0.699. The van der Waals surface area contributed by atoms with Crippen LogP contribution in [0.1, 0.15) is 58.8 Å². The molecule has 0 bridgehead atoms. The van der Waals surface area contributed by atoms with Crippen molar-refractivity contribution in [1.82, 2.24) is 4.90 Å². The number of hydrogen-bond donors (Lipinski definition) is 0. The second-order valence-corrected chi connectivity index (χ2v) is 5.23. The van der Waals surface area contributed by atoms with Crippen molar-refractivity contribution >= 4 is 5.91 Å². The highest BCUT2D eigenvalue weighted by atomic mass is 16.2. The summed E-state index contributed by atoms with van der Waals surface area (Å²) in [5, 5.41) is 0. The van der Waals surface area contributed by atoms with Gasteiger partial charge in [-0.05, 0) is 25.2 Å². The normalized spacial score (nSPS) is 18.1. The lowest BCUT2D eigenvalue weighted by Crippen LogP contribution is -2.38. The SMILES string of the molecule is CC(C)CCC(=O)N(C)C1CCCCC1. The van der Waals surface area contributed by atoms with Gasteiger partial charge in [0, 0.05) is 19.5 Å². The van der Waals surface area contributed by atoms with Gasteiger partial charge in [-0.2, -0.15) is 0 Å². The Morgan fingerprint density at radius 1 is 1.27 bits per heavy atom. The highest BCUT2D eigenvalue weighted by Gasteiger charge is 2.21. The van der Waals surface area contributed by atoms with Crippen molar-refractivity contribution in [3.8, 4) is 0 Å². The Bertz CT molecular complexity index is 195. The van der Waals surface area contributed by atoms with Gasteiger partial charge in [0.05, 0.1) is 0 Å². The Morgan fingerprint density at radius 3 is 2.40 bits per heavy atom. The summed E-state index contributed by atoms with van der Waals surface area (Å²) in [5.41, 5.74) is 0. The molecule has 0 heterocycles.